The fraction of sp³-hybridized carbons (Fsp3) is 0.190. The number of esters is 1. The van der Waals surface area contributed by atoms with Crippen molar-refractivity contribution in [2.24, 2.45) is 0 Å². The van der Waals surface area contributed by atoms with E-state index < -0.39 is 18.0 Å². The quantitative estimate of drug-likeness (QED) is 0.662. The first-order valence-corrected chi connectivity index (χ1v) is 8.99. The number of ether oxygens (including phenoxy) is 1. The Labute approximate surface area is 166 Å². The minimum absolute atomic E-state index is 0.199. The van der Waals surface area contributed by atoms with Gasteiger partial charge in [0, 0.05) is 17.6 Å². The summed E-state index contributed by atoms with van der Waals surface area (Å²) in [5.74, 6) is -1.64. The zero-order valence-electron chi connectivity index (χ0n) is 15.3. The Balaban J connectivity index is 1.67. The standard InChI is InChI=1S/C21H18ClNO5/c1-12-7-8-18-15(9-12)17(24)10-19(28-18)21(26)27-13(2)20(25)23-11-14-5-3-4-6-16(14)22/h3-10,13H,11H2,1-2H3,(H,23,25)/t13-/m1/s1. The SMILES string of the molecule is Cc1ccc2oc(C(=O)O[C@H](C)C(=O)NCc3ccccc3Cl)cc(=O)c2c1. The van der Waals surface area contributed by atoms with E-state index in [-0.39, 0.29) is 23.3 Å². The van der Waals surface area contributed by atoms with Crippen LogP contribution in [0.15, 0.2) is 57.7 Å². The first kappa shape index (κ1) is 19.6. The molecule has 1 atom stereocenters. The Hall–Kier alpha value is -3.12. The van der Waals surface area contributed by atoms with Crippen molar-refractivity contribution < 1.29 is 18.7 Å². The Kier molecular flexibility index (Phi) is 5.80. The van der Waals surface area contributed by atoms with Crippen LogP contribution in [0.4, 0.5) is 0 Å². The van der Waals surface area contributed by atoms with Gasteiger partial charge in [0.2, 0.25) is 5.76 Å². The van der Waals surface area contributed by atoms with Crippen LogP contribution in [0.5, 0.6) is 0 Å². The molecule has 0 unspecified atom stereocenters. The van der Waals surface area contributed by atoms with Crippen molar-refractivity contribution in [1.29, 1.82) is 0 Å². The zero-order valence-corrected chi connectivity index (χ0v) is 16.1. The van der Waals surface area contributed by atoms with E-state index in [0.29, 0.717) is 10.4 Å². The number of benzene rings is 2. The molecule has 0 spiro atoms. The molecular formula is C21H18ClNO5. The molecule has 0 aliphatic heterocycles. The van der Waals surface area contributed by atoms with Crippen LogP contribution in [0.25, 0.3) is 11.0 Å². The van der Waals surface area contributed by atoms with E-state index in [1.165, 1.54) is 6.92 Å². The molecule has 7 heteroatoms. The lowest BCUT2D eigenvalue weighted by Gasteiger charge is -2.13. The molecular weight excluding hydrogens is 382 g/mol. The maximum Gasteiger partial charge on any atom is 0.375 e. The van der Waals surface area contributed by atoms with Crippen molar-refractivity contribution in [3.63, 3.8) is 0 Å². The molecule has 0 saturated carbocycles. The van der Waals surface area contributed by atoms with Crippen molar-refractivity contribution in [2.75, 3.05) is 0 Å². The second kappa shape index (κ2) is 8.27. The van der Waals surface area contributed by atoms with Gasteiger partial charge in [-0.25, -0.2) is 4.79 Å². The number of aryl methyl sites for hydroxylation is 1. The van der Waals surface area contributed by atoms with E-state index in [0.717, 1.165) is 17.2 Å². The predicted octanol–water partition coefficient (Wildman–Crippen LogP) is 3.62. The lowest BCUT2D eigenvalue weighted by atomic mass is 10.1. The van der Waals surface area contributed by atoms with E-state index in [1.807, 2.05) is 6.92 Å². The predicted molar refractivity (Wildman–Crippen MR) is 105 cm³/mol. The third-order valence-electron chi connectivity index (χ3n) is 4.15. The summed E-state index contributed by atoms with van der Waals surface area (Å²) in [7, 11) is 0. The largest absolute Gasteiger partial charge is 0.449 e. The van der Waals surface area contributed by atoms with Gasteiger partial charge in [0.1, 0.15) is 5.58 Å². The molecule has 0 aliphatic rings. The van der Waals surface area contributed by atoms with E-state index in [4.69, 9.17) is 20.8 Å². The number of hydrogen-bond acceptors (Lipinski definition) is 5. The average Bonchev–Trinajstić information content (AvgIpc) is 2.67. The highest BCUT2D eigenvalue weighted by atomic mass is 35.5. The number of nitrogens with one attached hydrogen (secondary N) is 1. The molecule has 1 N–H and O–H groups in total. The van der Waals surface area contributed by atoms with Gasteiger partial charge >= 0.3 is 5.97 Å². The number of hydrogen-bond donors (Lipinski definition) is 1. The molecule has 0 saturated heterocycles. The van der Waals surface area contributed by atoms with E-state index in [9.17, 15) is 14.4 Å². The van der Waals surface area contributed by atoms with Gasteiger partial charge in [-0.3, -0.25) is 9.59 Å². The van der Waals surface area contributed by atoms with E-state index in [1.54, 1.807) is 42.5 Å². The normalized spacial score (nSPS) is 11.8. The summed E-state index contributed by atoms with van der Waals surface area (Å²) in [6.45, 7) is 3.48. The van der Waals surface area contributed by atoms with Crippen LogP contribution in [-0.2, 0) is 16.1 Å². The van der Waals surface area contributed by atoms with Gasteiger partial charge in [0.15, 0.2) is 11.5 Å². The first-order chi connectivity index (χ1) is 13.3. The highest BCUT2D eigenvalue weighted by molar-refractivity contribution is 6.31. The van der Waals surface area contributed by atoms with Gasteiger partial charge in [0.05, 0.1) is 5.39 Å². The topological polar surface area (TPSA) is 85.6 Å². The lowest BCUT2D eigenvalue weighted by molar-refractivity contribution is -0.129. The fourth-order valence-electron chi connectivity index (χ4n) is 2.61. The Morgan fingerprint density at radius 1 is 1.18 bits per heavy atom. The second-order valence-corrected chi connectivity index (χ2v) is 6.74. The minimum atomic E-state index is -1.07. The van der Waals surface area contributed by atoms with Crippen LogP contribution in [0.2, 0.25) is 5.02 Å². The molecule has 0 fully saturated rings. The highest BCUT2D eigenvalue weighted by Crippen LogP contribution is 2.16. The third kappa shape index (κ3) is 4.40. The fourth-order valence-corrected chi connectivity index (χ4v) is 2.81. The zero-order chi connectivity index (χ0) is 20.3. The molecule has 3 aromatic rings. The maximum atomic E-state index is 12.3. The Morgan fingerprint density at radius 2 is 1.93 bits per heavy atom. The monoisotopic (exact) mass is 399 g/mol. The van der Waals surface area contributed by atoms with Gasteiger partial charge in [0.25, 0.3) is 5.91 Å². The molecule has 1 heterocycles. The molecule has 1 amide bonds. The van der Waals surface area contributed by atoms with Crippen LogP contribution in [0, 0.1) is 6.92 Å². The lowest BCUT2D eigenvalue weighted by Crippen LogP contribution is -2.35. The second-order valence-electron chi connectivity index (χ2n) is 6.33. The van der Waals surface area contributed by atoms with Gasteiger partial charge in [-0.1, -0.05) is 41.4 Å². The Morgan fingerprint density at radius 3 is 2.68 bits per heavy atom. The van der Waals surface area contributed by atoms with Crippen LogP contribution >= 0.6 is 11.6 Å². The molecule has 3 rings (SSSR count). The maximum absolute atomic E-state index is 12.3. The third-order valence-corrected chi connectivity index (χ3v) is 4.52. The minimum Gasteiger partial charge on any atom is -0.449 e. The van der Waals surface area contributed by atoms with Crippen LogP contribution in [-0.4, -0.2) is 18.0 Å². The van der Waals surface area contributed by atoms with Crippen LogP contribution < -0.4 is 10.7 Å². The molecule has 1 aromatic heterocycles. The van der Waals surface area contributed by atoms with E-state index >= 15 is 0 Å². The van der Waals surface area contributed by atoms with Gasteiger partial charge in [-0.2, -0.15) is 0 Å². The van der Waals surface area contributed by atoms with Gasteiger partial charge < -0.3 is 14.5 Å². The number of halogens is 1. The highest BCUT2D eigenvalue weighted by Gasteiger charge is 2.21. The number of rotatable bonds is 5. The van der Waals surface area contributed by atoms with Crippen molar-refractivity contribution in [3.05, 3.63) is 80.7 Å². The molecule has 0 bridgehead atoms. The first-order valence-electron chi connectivity index (χ1n) is 8.62. The van der Waals surface area contributed by atoms with Gasteiger partial charge in [-0.05, 0) is 37.6 Å². The summed E-state index contributed by atoms with van der Waals surface area (Å²) < 4.78 is 10.6. The number of fused-ring (bicyclic) bond motifs is 1. The van der Waals surface area contributed by atoms with Gasteiger partial charge in [-0.15, -0.1) is 0 Å². The van der Waals surface area contributed by atoms with Crippen molar-refractivity contribution in [3.8, 4) is 0 Å². The Bertz CT molecular complexity index is 1110. The summed E-state index contributed by atoms with van der Waals surface area (Å²) in [5.41, 5.74) is 1.57. The van der Waals surface area contributed by atoms with E-state index in [2.05, 4.69) is 5.32 Å². The number of carbonyl (C=O) groups is 2. The average molecular weight is 400 g/mol. The van der Waals surface area contributed by atoms with Crippen molar-refractivity contribution in [2.45, 2.75) is 26.5 Å². The smallest absolute Gasteiger partial charge is 0.375 e. The molecule has 28 heavy (non-hydrogen) atoms. The number of carbonyl (C=O) groups excluding carboxylic acids is 2. The van der Waals surface area contributed by atoms with Crippen LogP contribution in [0.3, 0.4) is 0 Å². The summed E-state index contributed by atoms with van der Waals surface area (Å²) in [6.07, 6.45) is -1.07. The summed E-state index contributed by atoms with van der Waals surface area (Å²) in [5, 5.41) is 3.56. The van der Waals surface area contributed by atoms with Crippen molar-refractivity contribution >= 4 is 34.4 Å². The molecule has 0 radical (unpaired) electrons. The molecule has 144 valence electrons. The van der Waals surface area contributed by atoms with Crippen molar-refractivity contribution in [1.82, 2.24) is 5.32 Å². The summed E-state index contributed by atoms with van der Waals surface area (Å²) in [4.78, 5) is 36.7. The van der Waals surface area contributed by atoms with Crippen LogP contribution in [0.1, 0.15) is 28.6 Å². The molecule has 2 aromatic carbocycles. The number of amides is 1. The molecule has 0 aliphatic carbocycles. The summed E-state index contributed by atoms with van der Waals surface area (Å²) in [6, 6.07) is 13.2. The molecule has 6 nitrogen and oxygen atoms in total. The summed E-state index contributed by atoms with van der Waals surface area (Å²) >= 11 is 6.05.